The molecule has 0 aliphatic carbocycles. The summed E-state index contributed by atoms with van der Waals surface area (Å²) in [5.41, 5.74) is 15.9. The van der Waals surface area contributed by atoms with Crippen molar-refractivity contribution in [1.82, 2.24) is 9.88 Å². The normalized spacial score (nSPS) is 15.3. The fourth-order valence-corrected chi connectivity index (χ4v) is 6.34. The van der Waals surface area contributed by atoms with Crippen LogP contribution in [0, 0.1) is 0 Å². The first-order chi connectivity index (χ1) is 25.3. The minimum Gasteiger partial charge on any atom is -0.460 e. The first kappa shape index (κ1) is 38.9. The molecular formula is C41H48N4O8. The van der Waals surface area contributed by atoms with E-state index in [4.69, 9.17) is 25.7 Å². The number of nitrogens with one attached hydrogen (secondary N) is 1. The van der Waals surface area contributed by atoms with Crippen molar-refractivity contribution >= 4 is 40.5 Å². The van der Waals surface area contributed by atoms with Gasteiger partial charge in [-0.25, -0.2) is 9.59 Å². The highest BCUT2D eigenvalue weighted by molar-refractivity contribution is 5.92. The highest BCUT2D eigenvalue weighted by Gasteiger charge is 2.37. The summed E-state index contributed by atoms with van der Waals surface area (Å²) in [6.07, 6.45) is 1.35. The number of hydrogen-bond donors (Lipinski definition) is 3. The molecule has 12 nitrogen and oxygen atoms in total. The number of nitrogens with zero attached hydrogens (tertiary/aromatic N) is 1. The van der Waals surface area contributed by atoms with Crippen LogP contribution in [-0.2, 0) is 59.6 Å². The number of hydrogen-bond acceptors (Lipinski definition) is 10. The van der Waals surface area contributed by atoms with Crippen LogP contribution in [0.4, 0.5) is 0 Å². The van der Waals surface area contributed by atoms with Crippen molar-refractivity contribution < 1.29 is 38.2 Å². The van der Waals surface area contributed by atoms with Gasteiger partial charge in [0, 0.05) is 41.4 Å². The van der Waals surface area contributed by atoms with Crippen molar-refractivity contribution in [3.05, 3.63) is 107 Å². The number of esters is 3. The fraction of sp³-hybridized carbons (Fsp3) is 0.390. The molecule has 0 saturated carbocycles. The first-order valence-corrected chi connectivity index (χ1v) is 17.9. The second kappa shape index (κ2) is 17.5. The fourth-order valence-electron chi connectivity index (χ4n) is 6.34. The van der Waals surface area contributed by atoms with Crippen LogP contribution in [0.5, 0.6) is 0 Å². The summed E-state index contributed by atoms with van der Waals surface area (Å²) in [5.74, 6) is -2.41. The Morgan fingerprint density at radius 3 is 2.30 bits per heavy atom. The van der Waals surface area contributed by atoms with Gasteiger partial charge in [-0.1, -0.05) is 73.2 Å². The Kier molecular flexibility index (Phi) is 12.8. The summed E-state index contributed by atoms with van der Waals surface area (Å²) in [6, 6.07) is 20.9. The number of rotatable bonds is 15. The van der Waals surface area contributed by atoms with E-state index in [0.717, 1.165) is 27.7 Å². The maximum atomic E-state index is 13.6. The highest BCUT2D eigenvalue weighted by Crippen LogP contribution is 2.31. The predicted molar refractivity (Wildman–Crippen MR) is 198 cm³/mol. The van der Waals surface area contributed by atoms with Crippen LogP contribution < -0.4 is 11.5 Å². The Bertz CT molecular complexity index is 1930. The van der Waals surface area contributed by atoms with Gasteiger partial charge < -0.3 is 35.6 Å². The van der Waals surface area contributed by atoms with Crippen LogP contribution in [-0.4, -0.2) is 63.2 Å². The third-order valence-electron chi connectivity index (χ3n) is 9.12. The lowest BCUT2D eigenvalue weighted by Gasteiger charge is -2.34. The first-order valence-electron chi connectivity index (χ1n) is 17.9. The quantitative estimate of drug-likeness (QED) is 0.0853. The largest absolute Gasteiger partial charge is 0.460 e. The molecule has 5 N–H and O–H groups in total. The third-order valence-corrected chi connectivity index (χ3v) is 9.12. The highest BCUT2D eigenvalue weighted by atomic mass is 16.6. The number of unbranched alkanes of at least 4 members (excludes halogenated alkanes) is 1. The van der Waals surface area contributed by atoms with E-state index in [-0.39, 0.29) is 50.5 Å². The molecule has 0 spiro atoms. The average Bonchev–Trinajstić information content (AvgIpc) is 3.51. The number of aromatic nitrogens is 1. The molecule has 0 fully saturated rings. The van der Waals surface area contributed by atoms with E-state index in [1.807, 2.05) is 54.6 Å². The Morgan fingerprint density at radius 2 is 1.55 bits per heavy atom. The van der Waals surface area contributed by atoms with Gasteiger partial charge in [-0.3, -0.25) is 14.4 Å². The number of H-pyrrole nitrogens is 1. The minimum atomic E-state index is -1.24. The van der Waals surface area contributed by atoms with Gasteiger partial charge in [-0.05, 0) is 56.9 Å². The van der Waals surface area contributed by atoms with Gasteiger partial charge in [0.25, 0.3) is 0 Å². The number of ketones is 1. The SMILES string of the molecule is CC(C)(C)OC(=O)c1ccccc1COC(=O)[C@@H](N)CC(=O)C(N)CCCCC(=O)N1Cc2[nH]c3ccccc3c2C[C@H]1C(=O)OCc1ccccc1. The standard InChI is InChI=1S/C41H48N4O8/c1-41(2,3)53-38(48)28-16-8-7-15-27(28)25-52-39(49)32(43)22-36(46)31(42)18-10-12-20-37(47)45-23-34-30(29-17-9-11-19-33(29)44-34)21-35(45)40(50)51-24-26-13-5-4-6-14-26/h4-9,11,13-17,19,31-32,35,44H,10,12,18,20-25,42-43H2,1-3H3/t31?,32-,35-/m0/s1. The molecule has 53 heavy (non-hydrogen) atoms. The molecule has 0 bridgehead atoms. The number of ether oxygens (including phenoxy) is 3. The van der Waals surface area contributed by atoms with Crippen LogP contribution in [0.3, 0.4) is 0 Å². The summed E-state index contributed by atoms with van der Waals surface area (Å²) in [4.78, 5) is 70.1. The maximum Gasteiger partial charge on any atom is 0.339 e. The summed E-state index contributed by atoms with van der Waals surface area (Å²) >= 11 is 0. The number of carbonyl (C=O) groups excluding carboxylic acids is 5. The summed E-state index contributed by atoms with van der Waals surface area (Å²) < 4.78 is 16.5. The zero-order chi connectivity index (χ0) is 38.1. The number of nitrogens with two attached hydrogens (primary N) is 2. The van der Waals surface area contributed by atoms with Crippen molar-refractivity contribution in [3.8, 4) is 0 Å². The lowest BCUT2D eigenvalue weighted by molar-refractivity contribution is -0.157. The summed E-state index contributed by atoms with van der Waals surface area (Å²) in [6.45, 7) is 5.39. The zero-order valence-electron chi connectivity index (χ0n) is 30.5. The smallest absolute Gasteiger partial charge is 0.339 e. The maximum absolute atomic E-state index is 13.6. The van der Waals surface area contributed by atoms with Gasteiger partial charge in [0.1, 0.15) is 30.9 Å². The molecule has 1 aromatic heterocycles. The molecular weight excluding hydrogens is 676 g/mol. The summed E-state index contributed by atoms with van der Waals surface area (Å²) in [5, 5.41) is 1.02. The number of Topliss-reactive ketones (excluding diaryl/α,β-unsaturated/α-hetero) is 1. The molecule has 0 radical (unpaired) electrons. The molecule has 280 valence electrons. The van der Waals surface area contributed by atoms with Gasteiger partial charge in [0.05, 0.1) is 18.2 Å². The Morgan fingerprint density at radius 1 is 0.849 bits per heavy atom. The third kappa shape index (κ3) is 10.4. The van der Waals surface area contributed by atoms with Gasteiger partial charge in [0.15, 0.2) is 5.78 Å². The number of aromatic amines is 1. The Labute approximate surface area is 309 Å². The lowest BCUT2D eigenvalue weighted by atomic mass is 9.95. The van der Waals surface area contributed by atoms with Crippen molar-refractivity contribution in [2.45, 2.75) is 103 Å². The Hall–Kier alpha value is -5.33. The van der Waals surface area contributed by atoms with Gasteiger partial charge in [-0.2, -0.15) is 0 Å². The molecule has 0 saturated heterocycles. The summed E-state index contributed by atoms with van der Waals surface area (Å²) in [7, 11) is 0. The van der Waals surface area contributed by atoms with Crippen molar-refractivity contribution in [2.24, 2.45) is 11.5 Å². The molecule has 12 heteroatoms. The predicted octanol–water partition coefficient (Wildman–Crippen LogP) is 5.04. The molecule has 1 unspecified atom stereocenters. The van der Waals surface area contributed by atoms with E-state index in [9.17, 15) is 24.0 Å². The zero-order valence-corrected chi connectivity index (χ0v) is 30.5. The van der Waals surface area contributed by atoms with Crippen molar-refractivity contribution in [1.29, 1.82) is 0 Å². The molecule has 1 aliphatic rings. The van der Waals surface area contributed by atoms with Crippen LogP contribution >= 0.6 is 0 Å². The second-order valence-electron chi connectivity index (χ2n) is 14.4. The number of carbonyl (C=O) groups is 5. The monoisotopic (exact) mass is 724 g/mol. The van der Waals surface area contributed by atoms with Crippen LogP contribution in [0.1, 0.15) is 85.6 Å². The lowest BCUT2D eigenvalue weighted by Crippen LogP contribution is -2.49. The van der Waals surface area contributed by atoms with Crippen LogP contribution in [0.25, 0.3) is 10.9 Å². The molecule has 4 aromatic rings. The van der Waals surface area contributed by atoms with E-state index >= 15 is 0 Å². The number of para-hydroxylation sites is 1. The molecule has 1 aliphatic heterocycles. The minimum absolute atomic E-state index is 0.105. The number of benzene rings is 3. The van der Waals surface area contributed by atoms with Gasteiger partial charge >= 0.3 is 17.9 Å². The van der Waals surface area contributed by atoms with Crippen molar-refractivity contribution in [3.63, 3.8) is 0 Å². The number of fused-ring (bicyclic) bond motifs is 3. The molecule has 2 heterocycles. The van der Waals surface area contributed by atoms with E-state index in [0.29, 0.717) is 24.8 Å². The average molecular weight is 725 g/mol. The molecule has 3 atom stereocenters. The van der Waals surface area contributed by atoms with E-state index in [1.54, 1.807) is 49.9 Å². The number of amides is 1. The van der Waals surface area contributed by atoms with Gasteiger partial charge in [0.2, 0.25) is 5.91 Å². The van der Waals surface area contributed by atoms with Crippen LogP contribution in [0.2, 0.25) is 0 Å². The van der Waals surface area contributed by atoms with Crippen molar-refractivity contribution in [2.75, 3.05) is 0 Å². The van der Waals surface area contributed by atoms with E-state index < -0.39 is 47.4 Å². The van der Waals surface area contributed by atoms with Gasteiger partial charge in [-0.15, -0.1) is 0 Å². The Balaban J connectivity index is 1.10. The van der Waals surface area contributed by atoms with E-state index in [2.05, 4.69) is 4.98 Å². The molecule has 3 aromatic carbocycles. The van der Waals surface area contributed by atoms with E-state index in [1.165, 1.54) is 0 Å². The van der Waals surface area contributed by atoms with Crippen LogP contribution in [0.15, 0.2) is 78.9 Å². The second-order valence-corrected chi connectivity index (χ2v) is 14.4. The molecule has 1 amide bonds. The molecule has 5 rings (SSSR count). The topological polar surface area (TPSA) is 184 Å².